The summed E-state index contributed by atoms with van der Waals surface area (Å²) < 4.78 is 0. The molecule has 1 aromatic heterocycles. The summed E-state index contributed by atoms with van der Waals surface area (Å²) >= 11 is 1.33. The number of hydrogen-bond acceptors (Lipinski definition) is 7. The van der Waals surface area contributed by atoms with Crippen molar-refractivity contribution >= 4 is 23.2 Å². The second-order valence-electron chi connectivity index (χ2n) is 5.42. The maximum Gasteiger partial charge on any atom is 1.00 e. The molecule has 0 saturated carbocycles. The van der Waals surface area contributed by atoms with E-state index in [-0.39, 0.29) is 53.1 Å². The van der Waals surface area contributed by atoms with Gasteiger partial charge >= 0.3 is 29.6 Å². The summed E-state index contributed by atoms with van der Waals surface area (Å²) in [6, 6.07) is -0.312. The predicted molar refractivity (Wildman–Crippen MR) is 70.6 cm³/mol. The van der Waals surface area contributed by atoms with Crippen molar-refractivity contribution < 1.29 is 49.4 Å². The van der Waals surface area contributed by atoms with Gasteiger partial charge in [-0.2, -0.15) is 0 Å². The van der Waals surface area contributed by atoms with E-state index in [0.717, 1.165) is 0 Å². The van der Waals surface area contributed by atoms with E-state index >= 15 is 0 Å². The van der Waals surface area contributed by atoms with Crippen molar-refractivity contribution in [1.82, 2.24) is 15.1 Å². The number of carboxylic acid groups (broad SMARTS) is 1. The molecule has 1 saturated heterocycles. The van der Waals surface area contributed by atoms with Gasteiger partial charge in [-0.05, 0) is 12.5 Å². The van der Waals surface area contributed by atoms with Gasteiger partial charge in [0, 0.05) is 12.3 Å². The first-order valence-electron chi connectivity index (χ1n) is 6.64. The average molecular weight is 331 g/mol. The number of carbonyl (C=O) groups excluding carboxylic acids is 2. The van der Waals surface area contributed by atoms with E-state index in [1.54, 1.807) is 12.4 Å². The van der Waals surface area contributed by atoms with Crippen LogP contribution < -0.4 is 34.7 Å². The summed E-state index contributed by atoms with van der Waals surface area (Å²) in [5.41, 5.74) is 2.13. The van der Waals surface area contributed by atoms with Crippen LogP contribution in [0.15, 0.2) is 16.8 Å². The number of amides is 1. The van der Waals surface area contributed by atoms with Crippen LogP contribution in [0.2, 0.25) is 0 Å². The average Bonchev–Trinajstić information content (AvgIpc) is 2.97. The molecule has 0 aliphatic carbocycles. The SMILES string of the molecule is C[C@@H]1C(Cc2nncs2)=C(C(=O)[O-])N2C(=O)[C@H]([C@@H](C)O)[C@@H]12.[Na+]. The quantitative estimate of drug-likeness (QED) is 0.445. The fraction of sp³-hybridized carbons (Fsp3) is 0.538. The molecule has 22 heavy (non-hydrogen) atoms. The van der Waals surface area contributed by atoms with Crippen LogP contribution in [0.4, 0.5) is 0 Å². The minimum atomic E-state index is -1.36. The first-order chi connectivity index (χ1) is 9.93. The molecule has 0 aromatic carbocycles. The van der Waals surface area contributed by atoms with Crippen molar-refractivity contribution in [1.29, 1.82) is 0 Å². The van der Waals surface area contributed by atoms with E-state index in [1.807, 2.05) is 6.92 Å². The third-order valence-corrected chi connectivity index (χ3v) is 4.95. The Balaban J connectivity index is 0.00000176. The topological polar surface area (TPSA) is 106 Å². The van der Waals surface area contributed by atoms with Crippen LogP contribution in [-0.4, -0.2) is 44.2 Å². The fourth-order valence-corrected chi connectivity index (χ4v) is 3.85. The maximum absolute atomic E-state index is 12.1. The predicted octanol–water partition coefficient (Wildman–Crippen LogP) is -4.05. The molecule has 0 radical (unpaired) electrons. The van der Waals surface area contributed by atoms with Crippen LogP contribution in [0, 0.1) is 11.8 Å². The Morgan fingerprint density at radius 2 is 2.27 bits per heavy atom. The van der Waals surface area contributed by atoms with Gasteiger partial charge in [-0.1, -0.05) is 6.92 Å². The van der Waals surface area contributed by atoms with Crippen molar-refractivity contribution in [2.24, 2.45) is 11.8 Å². The molecule has 0 bridgehead atoms. The summed E-state index contributed by atoms with van der Waals surface area (Å²) in [4.78, 5) is 24.8. The van der Waals surface area contributed by atoms with E-state index in [0.29, 0.717) is 17.0 Å². The number of β-lactam (4-membered cyclic amide) rings is 1. The second kappa shape index (κ2) is 6.37. The maximum atomic E-state index is 12.1. The van der Waals surface area contributed by atoms with Crippen molar-refractivity contribution in [3.8, 4) is 0 Å². The minimum absolute atomic E-state index is 0. The Morgan fingerprint density at radius 1 is 1.59 bits per heavy atom. The van der Waals surface area contributed by atoms with Crippen LogP contribution in [0.5, 0.6) is 0 Å². The Hall–Kier alpha value is -0.800. The molecule has 9 heteroatoms. The van der Waals surface area contributed by atoms with Crippen molar-refractivity contribution in [2.45, 2.75) is 32.4 Å². The molecular formula is C13H14N3NaO4S. The zero-order chi connectivity index (χ0) is 15.3. The number of aliphatic hydroxyl groups excluding tert-OH is 1. The third-order valence-electron chi connectivity index (χ3n) is 4.26. The Morgan fingerprint density at radius 3 is 2.77 bits per heavy atom. The van der Waals surface area contributed by atoms with E-state index < -0.39 is 18.0 Å². The van der Waals surface area contributed by atoms with Gasteiger partial charge in [0.05, 0.1) is 29.7 Å². The molecule has 1 N–H and O–H groups in total. The fourth-order valence-electron chi connectivity index (χ4n) is 3.30. The normalized spacial score (nSPS) is 28.0. The van der Waals surface area contributed by atoms with E-state index in [9.17, 15) is 19.8 Å². The zero-order valence-corrected chi connectivity index (χ0v) is 15.3. The van der Waals surface area contributed by atoms with Crippen LogP contribution in [0.25, 0.3) is 0 Å². The zero-order valence-electron chi connectivity index (χ0n) is 12.5. The van der Waals surface area contributed by atoms with Gasteiger partial charge in [-0.25, -0.2) is 0 Å². The molecule has 0 spiro atoms. The van der Waals surface area contributed by atoms with E-state index in [1.165, 1.54) is 16.2 Å². The largest absolute Gasteiger partial charge is 1.00 e. The number of rotatable bonds is 4. The molecule has 1 aromatic rings. The Bertz CT molecular complexity index is 631. The number of nitrogens with zero attached hydrogens (tertiary/aromatic N) is 3. The number of fused-ring (bicyclic) bond motifs is 1. The van der Waals surface area contributed by atoms with Crippen molar-refractivity contribution in [3.63, 3.8) is 0 Å². The van der Waals surface area contributed by atoms with Gasteiger partial charge in [0.15, 0.2) is 0 Å². The molecule has 1 fully saturated rings. The van der Waals surface area contributed by atoms with E-state index in [2.05, 4.69) is 10.2 Å². The van der Waals surface area contributed by atoms with Gasteiger partial charge in [0.25, 0.3) is 0 Å². The van der Waals surface area contributed by atoms with Crippen LogP contribution >= 0.6 is 11.3 Å². The Labute approximate surface area is 153 Å². The number of aliphatic carboxylic acids is 1. The molecule has 2 aliphatic heterocycles. The first kappa shape index (κ1) is 17.6. The summed E-state index contributed by atoms with van der Waals surface area (Å²) in [5.74, 6) is -2.42. The molecule has 3 rings (SSSR count). The Kier molecular flexibility index (Phi) is 5.08. The summed E-state index contributed by atoms with van der Waals surface area (Å²) in [5, 5.41) is 29.5. The van der Waals surface area contributed by atoms with Crippen LogP contribution in [0.1, 0.15) is 18.9 Å². The molecule has 3 heterocycles. The second-order valence-corrected chi connectivity index (χ2v) is 6.34. The summed E-state index contributed by atoms with van der Waals surface area (Å²) in [6.45, 7) is 3.42. The molecule has 0 unspecified atom stereocenters. The van der Waals surface area contributed by atoms with Crippen molar-refractivity contribution in [3.05, 3.63) is 21.8 Å². The number of aliphatic hydroxyl groups is 1. The monoisotopic (exact) mass is 331 g/mol. The molecular weight excluding hydrogens is 317 g/mol. The molecule has 4 atom stereocenters. The van der Waals surface area contributed by atoms with Gasteiger partial charge in [-0.15, -0.1) is 21.5 Å². The van der Waals surface area contributed by atoms with Crippen LogP contribution in [0.3, 0.4) is 0 Å². The van der Waals surface area contributed by atoms with Crippen LogP contribution in [-0.2, 0) is 16.0 Å². The summed E-state index contributed by atoms with van der Waals surface area (Å²) in [6.07, 6.45) is -0.466. The number of aromatic nitrogens is 2. The minimum Gasteiger partial charge on any atom is -0.543 e. The first-order valence-corrected chi connectivity index (χ1v) is 7.52. The molecule has 1 amide bonds. The van der Waals surface area contributed by atoms with Crippen molar-refractivity contribution in [2.75, 3.05) is 0 Å². The molecule has 112 valence electrons. The van der Waals surface area contributed by atoms with Gasteiger partial charge in [0.1, 0.15) is 10.5 Å². The number of hydrogen-bond donors (Lipinski definition) is 1. The molecule has 2 aliphatic rings. The molecule has 7 nitrogen and oxygen atoms in total. The van der Waals surface area contributed by atoms with Gasteiger partial charge in [-0.3, -0.25) is 4.79 Å². The number of carbonyl (C=O) groups is 2. The summed E-state index contributed by atoms with van der Waals surface area (Å²) in [7, 11) is 0. The smallest absolute Gasteiger partial charge is 0.543 e. The third kappa shape index (κ3) is 2.52. The standard InChI is InChI=1S/C13H15N3O4S.Na/c1-5-7(3-8-15-14-4-21-8)11(13(19)20)16-10(5)9(6(2)17)12(16)18;/h4-6,9-10,17H,3H2,1-2H3,(H,19,20);/q;+1/p-1/t5-,6-,9-,10-;/m1./s1. The van der Waals surface area contributed by atoms with Gasteiger partial charge in [0.2, 0.25) is 5.91 Å². The van der Waals surface area contributed by atoms with E-state index in [4.69, 9.17) is 0 Å². The number of carboxylic acids is 1. The van der Waals surface area contributed by atoms with Gasteiger partial charge < -0.3 is 19.9 Å².